The molecule has 0 saturated heterocycles. The Hall–Kier alpha value is -2.75. The van der Waals surface area contributed by atoms with E-state index < -0.39 is 40.8 Å². The van der Waals surface area contributed by atoms with E-state index in [-0.39, 0.29) is 19.3 Å². The van der Waals surface area contributed by atoms with Gasteiger partial charge in [-0.1, -0.05) is 23.9 Å². The molecular formula is C24H26F4NO4S-. The van der Waals surface area contributed by atoms with E-state index in [0.29, 0.717) is 15.4 Å². The first-order valence-electron chi connectivity index (χ1n) is 10.5. The Kier molecular flexibility index (Phi) is 8.63. The van der Waals surface area contributed by atoms with Crippen LogP contribution in [0.2, 0.25) is 0 Å². The first-order valence-corrected chi connectivity index (χ1v) is 11.3. The maximum absolute atomic E-state index is 14.6. The van der Waals surface area contributed by atoms with Gasteiger partial charge in [-0.25, -0.2) is 9.18 Å². The lowest BCUT2D eigenvalue weighted by atomic mass is 9.93. The third-order valence-corrected chi connectivity index (χ3v) is 5.75. The van der Waals surface area contributed by atoms with Crippen molar-refractivity contribution in [2.75, 3.05) is 0 Å². The number of aryl methyl sites for hydroxylation is 1. The largest absolute Gasteiger partial charge is 0.548 e. The van der Waals surface area contributed by atoms with Crippen LogP contribution in [0.3, 0.4) is 0 Å². The first kappa shape index (κ1) is 27.5. The van der Waals surface area contributed by atoms with E-state index >= 15 is 0 Å². The van der Waals surface area contributed by atoms with E-state index in [4.69, 9.17) is 4.74 Å². The molecule has 0 aliphatic rings. The highest BCUT2D eigenvalue weighted by atomic mass is 32.2. The van der Waals surface area contributed by atoms with E-state index in [1.807, 2.05) is 0 Å². The van der Waals surface area contributed by atoms with Crippen molar-refractivity contribution in [3.8, 4) is 0 Å². The van der Waals surface area contributed by atoms with Crippen LogP contribution in [0.25, 0.3) is 0 Å². The summed E-state index contributed by atoms with van der Waals surface area (Å²) in [7, 11) is 0. The van der Waals surface area contributed by atoms with Crippen molar-refractivity contribution in [3.63, 3.8) is 0 Å². The van der Waals surface area contributed by atoms with Crippen LogP contribution in [0.5, 0.6) is 0 Å². The van der Waals surface area contributed by atoms with Gasteiger partial charge in [-0.15, -0.1) is 0 Å². The van der Waals surface area contributed by atoms with Gasteiger partial charge in [0.1, 0.15) is 11.4 Å². The number of nitrogens with one attached hydrogen (secondary N) is 1. The molecule has 0 fully saturated rings. The standard InChI is InChI=1S/C24H27F4NO4S/c1-22(2,3)33-21(32)29-23(4,20(30)31)12-6-7-15-10-11-18(14-19(15)25)34-17-9-5-8-16(13-17)24(26,27)28/h5,8-11,13-14H,6-7,12H2,1-4H3,(H,29,32)(H,30,31)/p-1/t23-/m1/s1. The molecule has 0 bridgehead atoms. The Balaban J connectivity index is 2.01. The van der Waals surface area contributed by atoms with Gasteiger partial charge in [0, 0.05) is 9.79 Å². The fraction of sp³-hybridized carbons (Fsp3) is 0.417. The fourth-order valence-electron chi connectivity index (χ4n) is 3.04. The van der Waals surface area contributed by atoms with Crippen molar-refractivity contribution in [2.24, 2.45) is 0 Å². The molecule has 1 N–H and O–H groups in total. The summed E-state index contributed by atoms with van der Waals surface area (Å²) in [6, 6.07) is 9.06. The minimum Gasteiger partial charge on any atom is -0.548 e. The zero-order valence-corrected chi connectivity index (χ0v) is 20.0. The average Bonchev–Trinajstić information content (AvgIpc) is 2.67. The number of hydrogen-bond acceptors (Lipinski definition) is 5. The Morgan fingerprint density at radius 3 is 2.24 bits per heavy atom. The second-order valence-electron chi connectivity index (χ2n) is 8.98. The summed E-state index contributed by atoms with van der Waals surface area (Å²) >= 11 is 0.997. The number of halogens is 4. The van der Waals surface area contributed by atoms with E-state index in [9.17, 15) is 32.3 Å². The van der Waals surface area contributed by atoms with Crippen LogP contribution < -0.4 is 10.4 Å². The number of rotatable bonds is 8. The van der Waals surface area contributed by atoms with Crippen molar-refractivity contribution in [3.05, 3.63) is 59.4 Å². The Morgan fingerprint density at radius 2 is 1.68 bits per heavy atom. The normalized spacial score (nSPS) is 13.8. The van der Waals surface area contributed by atoms with E-state index in [0.717, 1.165) is 23.9 Å². The topological polar surface area (TPSA) is 78.5 Å². The highest BCUT2D eigenvalue weighted by Crippen LogP contribution is 2.35. The molecule has 34 heavy (non-hydrogen) atoms. The summed E-state index contributed by atoms with van der Waals surface area (Å²) < 4.78 is 58.3. The lowest BCUT2D eigenvalue weighted by Gasteiger charge is -2.33. The average molecular weight is 501 g/mol. The summed E-state index contributed by atoms with van der Waals surface area (Å²) in [5, 5.41) is 13.9. The molecule has 0 heterocycles. The van der Waals surface area contributed by atoms with Gasteiger partial charge in [0.2, 0.25) is 0 Å². The fourth-order valence-corrected chi connectivity index (χ4v) is 3.95. The van der Waals surface area contributed by atoms with Crippen LogP contribution in [0.4, 0.5) is 22.4 Å². The number of alkyl halides is 3. The van der Waals surface area contributed by atoms with E-state index in [2.05, 4.69) is 5.32 Å². The number of benzene rings is 2. The van der Waals surface area contributed by atoms with Crippen LogP contribution in [0.15, 0.2) is 52.3 Å². The van der Waals surface area contributed by atoms with Crippen LogP contribution in [0, 0.1) is 5.82 Å². The van der Waals surface area contributed by atoms with E-state index in [1.165, 1.54) is 31.2 Å². The molecule has 0 radical (unpaired) electrons. The number of ether oxygens (including phenoxy) is 1. The van der Waals surface area contributed by atoms with Gasteiger partial charge in [0.15, 0.2) is 0 Å². The van der Waals surface area contributed by atoms with Crippen LogP contribution in [0.1, 0.15) is 51.7 Å². The number of aliphatic carboxylic acids is 1. The maximum Gasteiger partial charge on any atom is 0.416 e. The summed E-state index contributed by atoms with van der Waals surface area (Å²) in [5.74, 6) is -2.06. The van der Waals surface area contributed by atoms with Crippen LogP contribution in [-0.4, -0.2) is 23.2 Å². The molecule has 0 saturated carbocycles. The Morgan fingerprint density at radius 1 is 1.03 bits per heavy atom. The number of alkyl carbamates (subject to hydrolysis) is 1. The third-order valence-electron chi connectivity index (χ3n) is 4.77. The van der Waals surface area contributed by atoms with Crippen molar-refractivity contribution in [1.29, 1.82) is 0 Å². The third kappa shape index (κ3) is 8.23. The summed E-state index contributed by atoms with van der Waals surface area (Å²) in [4.78, 5) is 24.3. The highest BCUT2D eigenvalue weighted by Gasteiger charge is 2.31. The number of carboxylic acids is 1. The van der Waals surface area contributed by atoms with Crippen molar-refractivity contribution in [1.82, 2.24) is 5.32 Å². The number of carboxylic acid groups (broad SMARTS) is 1. The predicted octanol–water partition coefficient (Wildman–Crippen LogP) is 5.35. The minimum absolute atomic E-state index is 0.0330. The zero-order chi connectivity index (χ0) is 25.7. The number of amides is 1. The molecular weight excluding hydrogens is 474 g/mol. The summed E-state index contributed by atoms with van der Waals surface area (Å²) in [6.45, 7) is 6.21. The molecule has 2 rings (SSSR count). The maximum atomic E-state index is 14.6. The molecule has 2 aromatic rings. The molecule has 1 amide bonds. The lowest BCUT2D eigenvalue weighted by molar-refractivity contribution is -0.313. The second kappa shape index (κ2) is 10.7. The van der Waals surface area contributed by atoms with Crippen LogP contribution in [-0.2, 0) is 22.1 Å². The molecule has 0 aliphatic heterocycles. The molecule has 0 aliphatic carbocycles. The summed E-state index contributed by atoms with van der Waals surface area (Å²) in [5.41, 5.74) is -3.00. The summed E-state index contributed by atoms with van der Waals surface area (Å²) in [6.07, 6.45) is -5.00. The molecule has 186 valence electrons. The molecule has 0 aromatic heterocycles. The van der Waals surface area contributed by atoms with Crippen molar-refractivity contribution >= 4 is 23.8 Å². The van der Waals surface area contributed by atoms with Gasteiger partial charge in [-0.2, -0.15) is 13.2 Å². The van der Waals surface area contributed by atoms with Crippen molar-refractivity contribution < 1.29 is 37.0 Å². The Labute approximate surface area is 199 Å². The van der Waals surface area contributed by atoms with Crippen LogP contribution >= 0.6 is 11.8 Å². The quantitative estimate of drug-likeness (QED) is 0.495. The van der Waals surface area contributed by atoms with Crippen molar-refractivity contribution in [2.45, 2.75) is 74.1 Å². The smallest absolute Gasteiger partial charge is 0.416 e. The zero-order valence-electron chi connectivity index (χ0n) is 19.2. The Bertz CT molecular complexity index is 1040. The molecule has 10 heteroatoms. The number of carbonyl (C=O) groups is 2. The second-order valence-corrected chi connectivity index (χ2v) is 10.1. The van der Waals surface area contributed by atoms with E-state index in [1.54, 1.807) is 26.8 Å². The molecule has 5 nitrogen and oxygen atoms in total. The SMILES string of the molecule is CC(C)(C)OC(=O)N[C@](C)(CCCc1ccc(Sc2cccc(C(F)(F)F)c2)cc1F)C(=O)[O-]. The van der Waals surface area contributed by atoms with Gasteiger partial charge in [0.05, 0.1) is 17.1 Å². The minimum atomic E-state index is -4.47. The van der Waals surface area contributed by atoms with Gasteiger partial charge in [-0.3, -0.25) is 0 Å². The predicted molar refractivity (Wildman–Crippen MR) is 118 cm³/mol. The van der Waals surface area contributed by atoms with Gasteiger partial charge in [0.25, 0.3) is 0 Å². The molecule has 2 aromatic carbocycles. The first-order chi connectivity index (χ1) is 15.6. The molecule has 0 unspecified atom stereocenters. The van der Waals surface area contributed by atoms with Gasteiger partial charge < -0.3 is 20.0 Å². The molecule has 1 atom stereocenters. The number of hydrogen-bond donors (Lipinski definition) is 1. The number of carbonyl (C=O) groups excluding carboxylic acids is 2. The monoisotopic (exact) mass is 500 g/mol. The highest BCUT2D eigenvalue weighted by molar-refractivity contribution is 7.99. The van der Waals surface area contributed by atoms with Gasteiger partial charge >= 0.3 is 12.3 Å². The lowest BCUT2D eigenvalue weighted by Crippen LogP contribution is -2.58. The van der Waals surface area contributed by atoms with Gasteiger partial charge in [-0.05, 0) is 82.9 Å². The molecule has 0 spiro atoms.